The Morgan fingerprint density at radius 2 is 1.94 bits per heavy atom. The Kier molecular flexibility index (Phi) is 6.48. The van der Waals surface area contributed by atoms with Crippen molar-refractivity contribution in [3.63, 3.8) is 0 Å². The Labute approximate surface area is 98.8 Å². The van der Waals surface area contributed by atoms with Crippen molar-refractivity contribution in [2.24, 2.45) is 0 Å². The van der Waals surface area contributed by atoms with Crippen molar-refractivity contribution >= 4 is 5.97 Å². The van der Waals surface area contributed by atoms with Crippen LogP contribution in [0.3, 0.4) is 0 Å². The minimum atomic E-state index is -5.08. The van der Waals surface area contributed by atoms with Gasteiger partial charge in [0.05, 0.1) is 0 Å². The summed E-state index contributed by atoms with van der Waals surface area (Å²) in [6.07, 6.45) is -5.08. The van der Waals surface area contributed by atoms with Crippen molar-refractivity contribution in [3.8, 4) is 0 Å². The largest absolute Gasteiger partial charge is 0.490 e. The topological polar surface area (TPSA) is 52.6 Å². The molecule has 1 heterocycles. The van der Waals surface area contributed by atoms with Gasteiger partial charge in [-0.25, -0.2) is 4.79 Å². The van der Waals surface area contributed by atoms with Crippen molar-refractivity contribution in [2.75, 3.05) is 19.6 Å². The quantitative estimate of drug-likeness (QED) is 0.743. The first-order chi connectivity index (χ1) is 7.66. The molecule has 102 valence electrons. The van der Waals surface area contributed by atoms with Crippen molar-refractivity contribution in [3.05, 3.63) is 0 Å². The Morgan fingerprint density at radius 3 is 2.18 bits per heavy atom. The number of hydrogen-bond donors (Lipinski definition) is 2. The zero-order valence-electron chi connectivity index (χ0n) is 10.2. The van der Waals surface area contributed by atoms with Crippen LogP contribution in [-0.4, -0.2) is 53.9 Å². The fraction of sp³-hybridized carbons (Fsp3) is 0.900. The summed E-state index contributed by atoms with van der Waals surface area (Å²) >= 11 is 0. The molecule has 0 aromatic heterocycles. The third kappa shape index (κ3) is 6.48. The van der Waals surface area contributed by atoms with E-state index in [1.165, 1.54) is 6.54 Å². The van der Waals surface area contributed by atoms with Gasteiger partial charge in [0.25, 0.3) is 0 Å². The molecule has 1 atom stereocenters. The Morgan fingerprint density at radius 1 is 1.47 bits per heavy atom. The van der Waals surface area contributed by atoms with Gasteiger partial charge in [0, 0.05) is 31.7 Å². The fourth-order valence-electron chi connectivity index (χ4n) is 1.62. The van der Waals surface area contributed by atoms with Gasteiger partial charge in [0.15, 0.2) is 0 Å². The van der Waals surface area contributed by atoms with E-state index in [0.717, 1.165) is 13.1 Å². The molecule has 2 N–H and O–H groups in total. The number of piperazine rings is 1. The molecule has 0 aromatic carbocycles. The molecule has 17 heavy (non-hydrogen) atoms. The van der Waals surface area contributed by atoms with Gasteiger partial charge >= 0.3 is 12.1 Å². The summed E-state index contributed by atoms with van der Waals surface area (Å²) < 4.78 is 31.7. The monoisotopic (exact) mass is 256 g/mol. The number of hydrogen-bond acceptors (Lipinski definition) is 3. The number of halogens is 3. The molecule has 7 heteroatoms. The van der Waals surface area contributed by atoms with Gasteiger partial charge < -0.3 is 10.4 Å². The van der Waals surface area contributed by atoms with E-state index in [9.17, 15) is 13.2 Å². The standard InChI is InChI=1S/C8H18N2.C2HF3O2/c1-7(2)10-5-4-9-6-8(10)3;3-2(4,5)1(6)7/h7-9H,4-6H2,1-3H3;(H,6,7). The molecule has 0 amide bonds. The van der Waals surface area contributed by atoms with Crippen LogP contribution in [0.2, 0.25) is 0 Å². The minimum Gasteiger partial charge on any atom is -0.475 e. The lowest BCUT2D eigenvalue weighted by atomic mass is 10.2. The normalized spacial score (nSPS) is 21.9. The molecule has 1 rings (SSSR count). The van der Waals surface area contributed by atoms with Gasteiger partial charge in [-0.15, -0.1) is 0 Å². The van der Waals surface area contributed by atoms with Crippen LogP contribution in [0.5, 0.6) is 0 Å². The highest BCUT2D eigenvalue weighted by molar-refractivity contribution is 5.73. The number of rotatable bonds is 1. The summed E-state index contributed by atoms with van der Waals surface area (Å²) in [5, 5.41) is 10.5. The summed E-state index contributed by atoms with van der Waals surface area (Å²) in [7, 11) is 0. The third-order valence-corrected chi connectivity index (χ3v) is 2.46. The van der Waals surface area contributed by atoms with Crippen molar-refractivity contribution in [1.82, 2.24) is 10.2 Å². The predicted molar refractivity (Wildman–Crippen MR) is 57.9 cm³/mol. The first-order valence-electron chi connectivity index (χ1n) is 5.42. The van der Waals surface area contributed by atoms with E-state index in [0.29, 0.717) is 12.1 Å². The van der Waals surface area contributed by atoms with Crippen molar-refractivity contribution in [2.45, 2.75) is 39.0 Å². The molecule has 0 spiro atoms. The van der Waals surface area contributed by atoms with Gasteiger partial charge in [-0.1, -0.05) is 0 Å². The molecule has 1 fully saturated rings. The maximum absolute atomic E-state index is 10.6. The second-order valence-corrected chi connectivity index (χ2v) is 4.19. The van der Waals surface area contributed by atoms with Crippen LogP contribution in [0, 0.1) is 0 Å². The lowest BCUT2D eigenvalue weighted by molar-refractivity contribution is -0.192. The second-order valence-electron chi connectivity index (χ2n) is 4.19. The Hall–Kier alpha value is -0.820. The van der Waals surface area contributed by atoms with E-state index in [1.54, 1.807) is 0 Å². The predicted octanol–water partition coefficient (Wildman–Crippen LogP) is 1.32. The van der Waals surface area contributed by atoms with Gasteiger partial charge in [0.1, 0.15) is 0 Å². The molecule has 0 aromatic rings. The van der Waals surface area contributed by atoms with Crippen LogP contribution in [-0.2, 0) is 4.79 Å². The van der Waals surface area contributed by atoms with Gasteiger partial charge in [-0.05, 0) is 20.8 Å². The molecule has 1 aliphatic heterocycles. The average Bonchev–Trinajstić information content (AvgIpc) is 2.17. The highest BCUT2D eigenvalue weighted by atomic mass is 19.4. The summed E-state index contributed by atoms with van der Waals surface area (Å²) in [5.41, 5.74) is 0. The zero-order chi connectivity index (χ0) is 13.6. The number of aliphatic carboxylic acids is 1. The van der Waals surface area contributed by atoms with E-state index in [-0.39, 0.29) is 0 Å². The molecule has 0 saturated carbocycles. The second kappa shape index (κ2) is 6.80. The first kappa shape index (κ1) is 16.2. The minimum absolute atomic E-state index is 0.706. The van der Waals surface area contributed by atoms with E-state index < -0.39 is 12.1 Å². The van der Waals surface area contributed by atoms with Gasteiger partial charge in [-0.3, -0.25) is 4.90 Å². The smallest absolute Gasteiger partial charge is 0.475 e. The lowest BCUT2D eigenvalue weighted by Crippen LogP contribution is -2.52. The highest BCUT2D eigenvalue weighted by Gasteiger charge is 2.38. The van der Waals surface area contributed by atoms with E-state index >= 15 is 0 Å². The van der Waals surface area contributed by atoms with Crippen molar-refractivity contribution < 1.29 is 23.1 Å². The molecular formula is C10H19F3N2O2. The fourth-order valence-corrected chi connectivity index (χ4v) is 1.62. The molecule has 1 aliphatic rings. The maximum atomic E-state index is 10.6. The zero-order valence-corrected chi connectivity index (χ0v) is 10.2. The Balaban J connectivity index is 0.000000325. The van der Waals surface area contributed by atoms with Crippen molar-refractivity contribution in [1.29, 1.82) is 0 Å². The summed E-state index contributed by atoms with van der Waals surface area (Å²) in [4.78, 5) is 11.4. The molecule has 1 unspecified atom stereocenters. The van der Waals surface area contributed by atoms with E-state index in [2.05, 4.69) is 31.0 Å². The molecule has 4 nitrogen and oxygen atoms in total. The molecule has 0 aliphatic carbocycles. The summed E-state index contributed by atoms with van der Waals surface area (Å²) in [6.45, 7) is 10.3. The van der Waals surface area contributed by atoms with Crippen LogP contribution in [0.1, 0.15) is 20.8 Å². The molecule has 0 bridgehead atoms. The number of alkyl halides is 3. The van der Waals surface area contributed by atoms with Gasteiger partial charge in [-0.2, -0.15) is 13.2 Å². The number of carboxylic acids is 1. The summed E-state index contributed by atoms with van der Waals surface area (Å²) in [6, 6.07) is 1.42. The molecule has 1 saturated heterocycles. The van der Waals surface area contributed by atoms with Crippen LogP contribution >= 0.6 is 0 Å². The number of nitrogens with one attached hydrogen (secondary N) is 1. The number of carboxylic acid groups (broad SMARTS) is 1. The average molecular weight is 256 g/mol. The summed E-state index contributed by atoms with van der Waals surface area (Å²) in [5.74, 6) is -2.76. The molecule has 0 radical (unpaired) electrons. The van der Waals surface area contributed by atoms with E-state index in [4.69, 9.17) is 9.90 Å². The van der Waals surface area contributed by atoms with Crippen LogP contribution in [0.15, 0.2) is 0 Å². The van der Waals surface area contributed by atoms with Crippen LogP contribution in [0.25, 0.3) is 0 Å². The van der Waals surface area contributed by atoms with E-state index in [1.807, 2.05) is 0 Å². The van der Waals surface area contributed by atoms with Crippen LogP contribution in [0.4, 0.5) is 13.2 Å². The first-order valence-corrected chi connectivity index (χ1v) is 5.42. The molecular weight excluding hydrogens is 237 g/mol. The lowest BCUT2D eigenvalue weighted by Gasteiger charge is -2.36. The highest BCUT2D eigenvalue weighted by Crippen LogP contribution is 2.13. The number of carbonyl (C=O) groups is 1. The van der Waals surface area contributed by atoms with Gasteiger partial charge in [0.2, 0.25) is 0 Å². The SMILES string of the molecule is CC(C)N1CCNCC1C.O=C(O)C(F)(F)F. The Bertz CT molecular complexity index is 244. The number of nitrogens with zero attached hydrogens (tertiary/aromatic N) is 1. The van der Waals surface area contributed by atoms with Crippen LogP contribution < -0.4 is 5.32 Å². The maximum Gasteiger partial charge on any atom is 0.490 e. The third-order valence-electron chi connectivity index (χ3n) is 2.46.